The molecule has 0 radical (unpaired) electrons. The molecule has 0 saturated carbocycles. The fourth-order valence-electron chi connectivity index (χ4n) is 1.36. The summed E-state index contributed by atoms with van der Waals surface area (Å²) in [5, 5.41) is 0. The Balaban J connectivity index is 3.75. The summed E-state index contributed by atoms with van der Waals surface area (Å²) in [6.45, 7) is 9.20. The normalized spacial score (nSPS) is 14.0. The lowest BCUT2D eigenvalue weighted by molar-refractivity contribution is -0.140. The Morgan fingerprint density at radius 2 is 1.20 bits per heavy atom. The van der Waals surface area contributed by atoms with Crippen LogP contribution in [0.1, 0.15) is 53.4 Å². The minimum Gasteiger partial charge on any atom is -0.463 e. The number of carbonyl (C=O) groups is 2. The Kier molecular flexibility index (Phi) is 10.7. The Morgan fingerprint density at radius 3 is 1.50 bits per heavy atom. The van der Waals surface area contributed by atoms with E-state index < -0.39 is 11.9 Å². The SMILES string of the molecule is CCC(C)CCOC(=O)C=CC(=O)OCCC(C)CC. The summed E-state index contributed by atoms with van der Waals surface area (Å²) in [5.74, 6) is 0.0916. The summed E-state index contributed by atoms with van der Waals surface area (Å²) in [6, 6.07) is 0. The largest absolute Gasteiger partial charge is 0.463 e. The van der Waals surface area contributed by atoms with Gasteiger partial charge in [0, 0.05) is 12.2 Å². The molecule has 0 heterocycles. The molecule has 0 bridgehead atoms. The van der Waals surface area contributed by atoms with Crippen molar-refractivity contribution in [3.05, 3.63) is 12.2 Å². The first kappa shape index (κ1) is 18.7. The summed E-state index contributed by atoms with van der Waals surface area (Å²) in [7, 11) is 0. The van der Waals surface area contributed by atoms with Crippen LogP contribution >= 0.6 is 0 Å². The highest BCUT2D eigenvalue weighted by Crippen LogP contribution is 2.06. The van der Waals surface area contributed by atoms with Gasteiger partial charge >= 0.3 is 11.9 Å². The molecule has 4 nitrogen and oxygen atoms in total. The van der Waals surface area contributed by atoms with Gasteiger partial charge in [-0.05, 0) is 24.7 Å². The summed E-state index contributed by atoms with van der Waals surface area (Å²) in [5.41, 5.74) is 0. The molecule has 0 aliphatic rings. The smallest absolute Gasteiger partial charge is 0.331 e. The second kappa shape index (κ2) is 11.5. The summed E-state index contributed by atoms with van der Waals surface area (Å²) in [4.78, 5) is 22.7. The zero-order chi connectivity index (χ0) is 15.4. The number of hydrogen-bond donors (Lipinski definition) is 0. The quantitative estimate of drug-likeness (QED) is 0.455. The van der Waals surface area contributed by atoms with Crippen molar-refractivity contribution >= 4 is 11.9 Å². The molecule has 0 fully saturated rings. The molecule has 4 heteroatoms. The topological polar surface area (TPSA) is 52.6 Å². The number of ether oxygens (including phenoxy) is 2. The molecule has 2 atom stereocenters. The number of hydrogen-bond acceptors (Lipinski definition) is 4. The summed E-state index contributed by atoms with van der Waals surface area (Å²) >= 11 is 0. The third-order valence-corrected chi connectivity index (χ3v) is 3.46. The molecule has 20 heavy (non-hydrogen) atoms. The van der Waals surface area contributed by atoms with Gasteiger partial charge in [-0.25, -0.2) is 9.59 Å². The third-order valence-electron chi connectivity index (χ3n) is 3.46. The summed E-state index contributed by atoms with van der Waals surface area (Å²) < 4.78 is 9.98. The summed E-state index contributed by atoms with van der Waals surface area (Å²) in [6.07, 6.45) is 6.07. The Labute approximate surface area is 122 Å². The van der Waals surface area contributed by atoms with E-state index in [0.717, 1.165) is 37.8 Å². The molecule has 0 saturated heterocycles. The van der Waals surface area contributed by atoms with Crippen molar-refractivity contribution in [1.82, 2.24) is 0 Å². The molecule has 116 valence electrons. The van der Waals surface area contributed by atoms with Crippen molar-refractivity contribution < 1.29 is 19.1 Å². The molecular formula is C16H28O4. The van der Waals surface area contributed by atoms with E-state index in [9.17, 15) is 9.59 Å². The van der Waals surface area contributed by atoms with Crippen LogP contribution in [0.15, 0.2) is 12.2 Å². The average Bonchev–Trinajstić information content (AvgIpc) is 2.44. The van der Waals surface area contributed by atoms with E-state index in [0.29, 0.717) is 25.0 Å². The monoisotopic (exact) mass is 284 g/mol. The van der Waals surface area contributed by atoms with Crippen LogP contribution in [-0.4, -0.2) is 25.2 Å². The molecule has 0 rings (SSSR count). The van der Waals surface area contributed by atoms with Gasteiger partial charge in [0.15, 0.2) is 0 Å². The lowest BCUT2D eigenvalue weighted by atomic mass is 10.1. The molecule has 0 N–H and O–H groups in total. The van der Waals surface area contributed by atoms with Crippen LogP contribution in [0, 0.1) is 11.8 Å². The minimum atomic E-state index is -0.493. The van der Waals surface area contributed by atoms with Crippen LogP contribution in [0.5, 0.6) is 0 Å². The first-order chi connectivity index (χ1) is 9.49. The predicted octanol–water partition coefficient (Wildman–Crippen LogP) is 3.50. The lowest BCUT2D eigenvalue weighted by Crippen LogP contribution is -2.08. The van der Waals surface area contributed by atoms with E-state index in [4.69, 9.17) is 9.47 Å². The molecule has 0 aromatic rings. The molecular weight excluding hydrogens is 256 g/mol. The van der Waals surface area contributed by atoms with Gasteiger partial charge in [-0.3, -0.25) is 0 Å². The van der Waals surface area contributed by atoms with Gasteiger partial charge in [0.1, 0.15) is 0 Å². The second-order valence-corrected chi connectivity index (χ2v) is 5.27. The van der Waals surface area contributed by atoms with E-state index in [1.54, 1.807) is 0 Å². The number of rotatable bonds is 10. The molecule has 0 spiro atoms. The van der Waals surface area contributed by atoms with Gasteiger partial charge in [0.05, 0.1) is 13.2 Å². The predicted molar refractivity (Wildman–Crippen MR) is 79.2 cm³/mol. The van der Waals surface area contributed by atoms with Crippen molar-refractivity contribution in [3.8, 4) is 0 Å². The first-order valence-electron chi connectivity index (χ1n) is 7.51. The van der Waals surface area contributed by atoms with Gasteiger partial charge in [-0.15, -0.1) is 0 Å². The number of carbonyl (C=O) groups excluding carboxylic acids is 2. The van der Waals surface area contributed by atoms with Crippen LogP contribution in [0.2, 0.25) is 0 Å². The van der Waals surface area contributed by atoms with Gasteiger partial charge in [0.2, 0.25) is 0 Å². The van der Waals surface area contributed by atoms with Crippen molar-refractivity contribution in [2.45, 2.75) is 53.4 Å². The van der Waals surface area contributed by atoms with Crippen molar-refractivity contribution in [3.63, 3.8) is 0 Å². The van der Waals surface area contributed by atoms with Crippen molar-refractivity contribution in [2.75, 3.05) is 13.2 Å². The lowest BCUT2D eigenvalue weighted by Gasteiger charge is -2.08. The highest BCUT2D eigenvalue weighted by Gasteiger charge is 2.04. The highest BCUT2D eigenvalue weighted by molar-refractivity contribution is 5.91. The average molecular weight is 284 g/mol. The molecule has 0 aromatic carbocycles. The molecule has 2 unspecified atom stereocenters. The molecule has 0 aliphatic carbocycles. The van der Waals surface area contributed by atoms with Gasteiger partial charge in [0.25, 0.3) is 0 Å². The molecule has 0 aliphatic heterocycles. The molecule has 0 amide bonds. The van der Waals surface area contributed by atoms with Crippen LogP contribution in [-0.2, 0) is 19.1 Å². The number of esters is 2. The Bertz CT molecular complexity index is 280. The zero-order valence-corrected chi connectivity index (χ0v) is 13.2. The van der Waals surface area contributed by atoms with E-state index >= 15 is 0 Å². The fourth-order valence-corrected chi connectivity index (χ4v) is 1.36. The van der Waals surface area contributed by atoms with E-state index in [-0.39, 0.29) is 0 Å². The third kappa shape index (κ3) is 10.6. The minimum absolute atomic E-state index is 0.390. The van der Waals surface area contributed by atoms with E-state index in [1.165, 1.54) is 0 Å². The maximum atomic E-state index is 11.3. The maximum absolute atomic E-state index is 11.3. The van der Waals surface area contributed by atoms with E-state index in [2.05, 4.69) is 27.7 Å². The van der Waals surface area contributed by atoms with E-state index in [1.807, 2.05) is 0 Å². The van der Waals surface area contributed by atoms with Crippen molar-refractivity contribution in [1.29, 1.82) is 0 Å². The fraction of sp³-hybridized carbons (Fsp3) is 0.750. The molecule has 0 aromatic heterocycles. The van der Waals surface area contributed by atoms with Gasteiger partial charge in [-0.2, -0.15) is 0 Å². The van der Waals surface area contributed by atoms with Crippen LogP contribution in [0.3, 0.4) is 0 Å². The van der Waals surface area contributed by atoms with Crippen molar-refractivity contribution in [2.24, 2.45) is 11.8 Å². The maximum Gasteiger partial charge on any atom is 0.331 e. The second-order valence-electron chi connectivity index (χ2n) is 5.27. The zero-order valence-electron chi connectivity index (χ0n) is 13.2. The van der Waals surface area contributed by atoms with Gasteiger partial charge in [-0.1, -0.05) is 40.5 Å². The Hall–Kier alpha value is -1.32. The highest BCUT2D eigenvalue weighted by atomic mass is 16.5. The Morgan fingerprint density at radius 1 is 0.850 bits per heavy atom. The van der Waals surface area contributed by atoms with Crippen LogP contribution < -0.4 is 0 Å². The first-order valence-corrected chi connectivity index (χ1v) is 7.51. The van der Waals surface area contributed by atoms with Crippen LogP contribution in [0.4, 0.5) is 0 Å². The standard InChI is InChI=1S/C16H28O4/c1-5-13(3)9-11-19-15(17)7-8-16(18)20-12-10-14(4)6-2/h7-8,13-14H,5-6,9-12H2,1-4H3. The van der Waals surface area contributed by atoms with Gasteiger partial charge < -0.3 is 9.47 Å². The van der Waals surface area contributed by atoms with Crippen LogP contribution in [0.25, 0.3) is 0 Å².